The number of amides is 2. The van der Waals surface area contributed by atoms with E-state index in [-0.39, 0.29) is 17.3 Å². The molecule has 0 unspecified atom stereocenters. The Bertz CT molecular complexity index is 1330. The minimum Gasteiger partial charge on any atom is -0.354 e. The summed E-state index contributed by atoms with van der Waals surface area (Å²) in [5.41, 5.74) is 2.19. The van der Waals surface area contributed by atoms with E-state index >= 15 is 0 Å². The van der Waals surface area contributed by atoms with Gasteiger partial charge in [-0.05, 0) is 67.8 Å². The molecule has 0 heterocycles. The molecule has 0 radical (unpaired) electrons. The molecule has 0 aromatic heterocycles. The maximum atomic E-state index is 13.9. The van der Waals surface area contributed by atoms with Crippen molar-refractivity contribution in [1.82, 2.24) is 10.2 Å². The summed E-state index contributed by atoms with van der Waals surface area (Å²) in [6, 6.07) is 21.1. The van der Waals surface area contributed by atoms with E-state index in [0.29, 0.717) is 17.3 Å². The van der Waals surface area contributed by atoms with Crippen molar-refractivity contribution in [1.29, 1.82) is 0 Å². The summed E-state index contributed by atoms with van der Waals surface area (Å²) < 4.78 is 28.5. The standard InChI is InChI=1S/C29H34ClN3O4S/c1-4-5-19-31-29(35)23(3)32(20-24-12-10-9-11-22(24)2)28(34)21-33(26-13-7-6-8-14-26)38(36,37)27-17-15-25(30)16-18-27/h6-18,23H,4-5,19-21H2,1-3H3,(H,31,35)/t23-/m0/s1. The van der Waals surface area contributed by atoms with E-state index in [4.69, 9.17) is 11.6 Å². The van der Waals surface area contributed by atoms with Crippen molar-refractivity contribution < 1.29 is 18.0 Å². The first-order valence-electron chi connectivity index (χ1n) is 12.6. The van der Waals surface area contributed by atoms with Crippen LogP contribution in [0.1, 0.15) is 37.8 Å². The van der Waals surface area contributed by atoms with Crippen LogP contribution in [0.4, 0.5) is 5.69 Å². The minimum absolute atomic E-state index is 0.00867. The van der Waals surface area contributed by atoms with Crippen molar-refractivity contribution in [2.24, 2.45) is 0 Å². The van der Waals surface area contributed by atoms with Crippen LogP contribution in [0.15, 0.2) is 83.8 Å². The zero-order valence-corrected chi connectivity index (χ0v) is 23.5. The highest BCUT2D eigenvalue weighted by Crippen LogP contribution is 2.25. The van der Waals surface area contributed by atoms with Gasteiger partial charge in [0.25, 0.3) is 10.0 Å². The summed E-state index contributed by atoms with van der Waals surface area (Å²) in [5.74, 6) is -0.778. The topological polar surface area (TPSA) is 86.8 Å². The number of nitrogens with one attached hydrogen (secondary N) is 1. The number of anilines is 1. The maximum absolute atomic E-state index is 13.9. The van der Waals surface area contributed by atoms with E-state index in [1.165, 1.54) is 29.2 Å². The summed E-state index contributed by atoms with van der Waals surface area (Å²) in [7, 11) is -4.12. The molecule has 0 spiro atoms. The highest BCUT2D eigenvalue weighted by atomic mass is 35.5. The predicted octanol–water partition coefficient (Wildman–Crippen LogP) is 5.18. The Morgan fingerprint density at radius 3 is 2.21 bits per heavy atom. The summed E-state index contributed by atoms with van der Waals surface area (Å²) >= 11 is 5.98. The number of hydrogen-bond acceptors (Lipinski definition) is 4. The van der Waals surface area contributed by atoms with Crippen LogP contribution in [0.2, 0.25) is 5.02 Å². The number of carbonyl (C=O) groups is 2. The zero-order chi connectivity index (χ0) is 27.7. The molecule has 3 aromatic carbocycles. The van der Waals surface area contributed by atoms with E-state index in [9.17, 15) is 18.0 Å². The molecule has 38 heavy (non-hydrogen) atoms. The third kappa shape index (κ3) is 7.36. The van der Waals surface area contributed by atoms with Crippen molar-refractivity contribution in [3.63, 3.8) is 0 Å². The van der Waals surface area contributed by atoms with E-state index in [2.05, 4.69) is 5.32 Å². The van der Waals surface area contributed by atoms with Crippen LogP contribution in [-0.4, -0.2) is 44.3 Å². The number of carbonyl (C=O) groups excluding carboxylic acids is 2. The Morgan fingerprint density at radius 2 is 1.58 bits per heavy atom. The van der Waals surface area contributed by atoms with Gasteiger partial charge in [-0.15, -0.1) is 0 Å². The number of unbranched alkanes of at least 4 members (excludes halogenated alkanes) is 1. The highest BCUT2D eigenvalue weighted by molar-refractivity contribution is 7.92. The molecule has 0 saturated carbocycles. The van der Waals surface area contributed by atoms with Gasteiger partial charge in [0, 0.05) is 18.1 Å². The first-order chi connectivity index (χ1) is 18.1. The lowest BCUT2D eigenvalue weighted by Crippen LogP contribution is -2.51. The molecule has 0 aliphatic rings. The second-order valence-electron chi connectivity index (χ2n) is 9.07. The molecule has 0 saturated heterocycles. The minimum atomic E-state index is -4.12. The van der Waals surface area contributed by atoms with Gasteiger partial charge in [-0.25, -0.2) is 8.42 Å². The fraction of sp³-hybridized carbons (Fsp3) is 0.310. The van der Waals surface area contributed by atoms with E-state index in [1.54, 1.807) is 37.3 Å². The number of sulfonamides is 1. The second kappa shape index (κ2) is 13.4. The SMILES string of the molecule is CCCCNC(=O)[C@H](C)N(Cc1ccccc1C)C(=O)CN(c1ccccc1)S(=O)(=O)c1ccc(Cl)cc1. The van der Waals surface area contributed by atoms with Crippen LogP contribution in [0.25, 0.3) is 0 Å². The molecule has 3 aromatic rings. The van der Waals surface area contributed by atoms with Crippen LogP contribution in [0.5, 0.6) is 0 Å². The van der Waals surface area contributed by atoms with Gasteiger partial charge < -0.3 is 10.2 Å². The average Bonchev–Trinajstić information content (AvgIpc) is 2.91. The van der Waals surface area contributed by atoms with Crippen molar-refractivity contribution in [3.05, 3.63) is 95.0 Å². The Hall–Kier alpha value is -3.36. The molecular formula is C29H34ClN3O4S. The van der Waals surface area contributed by atoms with Gasteiger partial charge in [-0.2, -0.15) is 0 Å². The summed E-state index contributed by atoms with van der Waals surface area (Å²) in [6.45, 7) is 5.82. The van der Waals surface area contributed by atoms with Crippen LogP contribution < -0.4 is 9.62 Å². The monoisotopic (exact) mass is 555 g/mol. The molecule has 0 fully saturated rings. The molecule has 1 atom stereocenters. The Kier molecular flexibility index (Phi) is 10.3. The van der Waals surface area contributed by atoms with E-state index in [0.717, 1.165) is 28.3 Å². The summed E-state index contributed by atoms with van der Waals surface area (Å²) in [5, 5.41) is 3.29. The van der Waals surface area contributed by atoms with Crippen LogP contribution >= 0.6 is 11.6 Å². The smallest absolute Gasteiger partial charge is 0.264 e. The molecule has 2 amide bonds. The number of nitrogens with zero attached hydrogens (tertiary/aromatic N) is 2. The Labute approximate surface area is 230 Å². The number of halogens is 1. The normalized spacial score (nSPS) is 12.0. The molecule has 0 aliphatic carbocycles. The number of aryl methyl sites for hydroxylation is 1. The third-order valence-corrected chi connectivity index (χ3v) is 8.36. The first kappa shape index (κ1) is 29.2. The second-order valence-corrected chi connectivity index (χ2v) is 11.4. The number of benzene rings is 3. The Balaban J connectivity index is 1.98. The fourth-order valence-corrected chi connectivity index (χ4v) is 5.49. The van der Waals surface area contributed by atoms with Crippen LogP contribution in [0.3, 0.4) is 0 Å². The van der Waals surface area contributed by atoms with Crippen molar-refractivity contribution >= 4 is 39.1 Å². The van der Waals surface area contributed by atoms with Crippen LogP contribution in [-0.2, 0) is 26.2 Å². The lowest BCUT2D eigenvalue weighted by Gasteiger charge is -2.32. The zero-order valence-electron chi connectivity index (χ0n) is 21.9. The van der Waals surface area contributed by atoms with Gasteiger partial charge in [0.2, 0.25) is 11.8 Å². The van der Waals surface area contributed by atoms with E-state index < -0.39 is 28.5 Å². The molecular weight excluding hydrogens is 522 g/mol. The fourth-order valence-electron chi connectivity index (χ4n) is 3.95. The van der Waals surface area contributed by atoms with Gasteiger partial charge in [0.05, 0.1) is 10.6 Å². The molecule has 3 rings (SSSR count). The molecule has 202 valence electrons. The largest absolute Gasteiger partial charge is 0.354 e. The molecule has 1 N–H and O–H groups in total. The summed E-state index contributed by atoms with van der Waals surface area (Å²) in [4.78, 5) is 28.3. The maximum Gasteiger partial charge on any atom is 0.264 e. The van der Waals surface area contributed by atoms with Crippen molar-refractivity contribution in [2.45, 2.75) is 51.1 Å². The number of para-hydroxylation sites is 1. The quantitative estimate of drug-likeness (QED) is 0.312. The van der Waals surface area contributed by atoms with Gasteiger partial charge in [-0.3, -0.25) is 13.9 Å². The Morgan fingerprint density at radius 1 is 0.947 bits per heavy atom. The van der Waals surface area contributed by atoms with Gasteiger partial charge >= 0.3 is 0 Å². The molecule has 0 bridgehead atoms. The van der Waals surface area contributed by atoms with Gasteiger partial charge in [0.1, 0.15) is 12.6 Å². The highest BCUT2D eigenvalue weighted by Gasteiger charge is 2.32. The van der Waals surface area contributed by atoms with Crippen molar-refractivity contribution in [3.8, 4) is 0 Å². The lowest BCUT2D eigenvalue weighted by molar-refractivity contribution is -0.139. The van der Waals surface area contributed by atoms with E-state index in [1.807, 2.05) is 38.1 Å². The molecule has 0 aliphatic heterocycles. The molecule has 9 heteroatoms. The van der Waals surface area contributed by atoms with Gasteiger partial charge in [0.15, 0.2) is 0 Å². The lowest BCUT2D eigenvalue weighted by atomic mass is 10.1. The number of hydrogen-bond donors (Lipinski definition) is 1. The third-order valence-electron chi connectivity index (χ3n) is 6.32. The predicted molar refractivity (Wildman–Crippen MR) is 152 cm³/mol. The number of rotatable bonds is 12. The average molecular weight is 556 g/mol. The van der Waals surface area contributed by atoms with Crippen molar-refractivity contribution in [2.75, 3.05) is 17.4 Å². The van der Waals surface area contributed by atoms with Gasteiger partial charge in [-0.1, -0.05) is 67.4 Å². The first-order valence-corrected chi connectivity index (χ1v) is 14.4. The summed E-state index contributed by atoms with van der Waals surface area (Å²) in [6.07, 6.45) is 1.75. The molecule has 7 nitrogen and oxygen atoms in total. The van der Waals surface area contributed by atoms with Crippen LogP contribution in [0, 0.1) is 6.92 Å².